The molecule has 0 unspecified atom stereocenters. The van der Waals surface area contributed by atoms with Crippen molar-refractivity contribution < 1.29 is 122 Å². The molecule has 0 aliphatic rings. The lowest BCUT2D eigenvalue weighted by Gasteiger charge is -2.27. The zero-order chi connectivity index (χ0) is 64.6. The molecule has 0 aromatic rings. The number of hydrogen-bond donors (Lipinski definition) is 20. The molecule has 0 bridgehead atoms. The number of carboxylic acid groups (broad SMARTS) is 6. The molecule has 0 heterocycles. The first-order chi connectivity index (χ1) is 39.1. The van der Waals surface area contributed by atoms with Gasteiger partial charge in [-0.3, -0.25) is 86.3 Å². The first-order valence-electron chi connectivity index (χ1n) is 25.3. The Kier molecular flexibility index (Phi) is 33.8. The highest BCUT2D eigenvalue weighted by Gasteiger charge is 2.37. The molecule has 38 nitrogen and oxygen atoms in total. The van der Waals surface area contributed by atoms with Crippen molar-refractivity contribution >= 4 is 107 Å². The Bertz CT molecular complexity index is 2440. The van der Waals surface area contributed by atoms with Crippen LogP contribution in [-0.2, 0) is 86.3 Å². The van der Waals surface area contributed by atoms with E-state index in [1.165, 1.54) is 0 Å². The maximum Gasteiger partial charge on any atom is 0.305 e. The summed E-state index contributed by atoms with van der Waals surface area (Å²) < 4.78 is 0. The second kappa shape index (κ2) is 38.2. The van der Waals surface area contributed by atoms with Gasteiger partial charge in [-0.1, -0.05) is 0 Å². The normalized spacial score (nSPS) is 14.3. The first kappa shape index (κ1) is 74.4. The van der Waals surface area contributed by atoms with E-state index in [2.05, 4.69) is 26.6 Å². The van der Waals surface area contributed by atoms with E-state index in [4.69, 9.17) is 22.3 Å². The van der Waals surface area contributed by atoms with E-state index in [1.54, 1.807) is 0 Å². The molecule has 0 aromatic carbocycles. The van der Waals surface area contributed by atoms with Crippen LogP contribution in [0.5, 0.6) is 0 Å². The molecule has 0 aromatic heterocycles. The maximum absolute atomic E-state index is 14.0. The molecule has 0 saturated heterocycles. The predicted octanol–water partition coefficient (Wildman–Crippen LogP) is -9.24. The van der Waals surface area contributed by atoms with Crippen LogP contribution in [-0.4, -0.2) is 216 Å². The molecule has 10 atom stereocenters. The number of carbonyl (C=O) groups excluding carboxylic acids is 12. The molecule has 12 amide bonds. The molecule has 470 valence electrons. The summed E-state index contributed by atoms with van der Waals surface area (Å²) in [6.07, 6.45) is -9.62. The second-order valence-electron chi connectivity index (χ2n) is 18.5. The van der Waals surface area contributed by atoms with Crippen molar-refractivity contribution in [3.8, 4) is 0 Å². The standard InChI is InChI=1S/C46H71N13O25/c1-19(37(49)75)50-38(76)23(9-11-32(65)66)54-39(77)22(7-5-8-31(63)64)53-44(82)27(16-35(71)72)57-40(78)21(6-3-4-13-47)52-42(80)25(14-30(48)62)56-45(83)28(17-36(73)74)58-41(79)24(10-12-33(67)68)55-46(84)29(18-60)59-43(81)26(15-34(69)70)51-20(2)61/h19,21-29,60H,3-18,47H2,1-2H3,(H2,48,62)(H2,49,75)(H,50,76)(H,51,61)(H,52,80)(H,53,82)(H,54,77)(H,55,84)(H,56,83)(H,57,78)(H,58,79)(H,59,81)(H,63,64)(H,65,66)(H,67,68)(H,69,70)(H,71,72)(H,73,74)/t19-,21-,22-,23-,24-,25-,26-,27-,28-,29-/m1/s1. The number of rotatable bonds is 43. The third-order valence-corrected chi connectivity index (χ3v) is 11.4. The van der Waals surface area contributed by atoms with Crippen LogP contribution in [0.4, 0.5) is 0 Å². The van der Waals surface area contributed by atoms with E-state index >= 15 is 0 Å². The highest BCUT2D eigenvalue weighted by Crippen LogP contribution is 2.10. The van der Waals surface area contributed by atoms with Crippen LogP contribution in [0.25, 0.3) is 0 Å². The van der Waals surface area contributed by atoms with Crippen LogP contribution in [0.15, 0.2) is 0 Å². The van der Waals surface area contributed by atoms with Gasteiger partial charge in [-0.25, -0.2) is 0 Å². The van der Waals surface area contributed by atoms with Gasteiger partial charge in [-0.05, 0) is 58.4 Å². The minimum Gasteiger partial charge on any atom is -0.481 e. The molecule has 38 heteroatoms. The van der Waals surface area contributed by atoms with E-state index in [0.717, 1.165) is 13.8 Å². The molecule has 0 rings (SSSR count). The number of aliphatic hydroxyl groups is 1. The summed E-state index contributed by atoms with van der Waals surface area (Å²) in [6.45, 7) is 0.822. The summed E-state index contributed by atoms with van der Waals surface area (Å²) in [6, 6.07) is -19.2. The van der Waals surface area contributed by atoms with Crippen molar-refractivity contribution in [3.05, 3.63) is 0 Å². The van der Waals surface area contributed by atoms with Crippen molar-refractivity contribution in [2.24, 2.45) is 17.2 Å². The lowest BCUT2D eigenvalue weighted by molar-refractivity contribution is -0.143. The SMILES string of the molecule is CC(=O)N[C@H](CC(=O)O)C(=O)N[C@H](CO)C(=O)N[C@H](CCC(=O)O)C(=O)N[C@H](CC(=O)O)C(=O)N[C@H](CC(N)=O)C(=O)N[C@H](CCCCN)C(=O)N[C@H](CC(=O)O)C(=O)N[C@H](CCCC(=O)O)C(=O)N[C@H](CCC(=O)O)C(=O)N[C@H](C)C(N)=O. The largest absolute Gasteiger partial charge is 0.481 e. The van der Waals surface area contributed by atoms with Crippen molar-refractivity contribution in [1.29, 1.82) is 0 Å². The molecule has 0 spiro atoms. The van der Waals surface area contributed by atoms with Crippen LogP contribution >= 0.6 is 0 Å². The van der Waals surface area contributed by atoms with Crippen LogP contribution in [0.2, 0.25) is 0 Å². The minimum atomic E-state index is -2.28. The summed E-state index contributed by atoms with van der Waals surface area (Å²) in [7, 11) is 0. The van der Waals surface area contributed by atoms with E-state index in [9.17, 15) is 117 Å². The van der Waals surface area contributed by atoms with Crippen LogP contribution < -0.4 is 70.4 Å². The lowest BCUT2D eigenvalue weighted by Crippen LogP contribution is -2.61. The average Bonchev–Trinajstić information content (AvgIpc) is 3.57. The first-order valence-corrected chi connectivity index (χ1v) is 25.3. The summed E-state index contributed by atoms with van der Waals surface area (Å²) in [5, 5.41) is 86.8. The smallest absolute Gasteiger partial charge is 0.305 e. The van der Waals surface area contributed by atoms with Crippen LogP contribution in [0.1, 0.15) is 104 Å². The van der Waals surface area contributed by atoms with E-state index in [1.807, 2.05) is 26.6 Å². The maximum atomic E-state index is 14.0. The summed E-state index contributed by atoms with van der Waals surface area (Å²) in [5.74, 6) is -25.3. The summed E-state index contributed by atoms with van der Waals surface area (Å²) in [4.78, 5) is 227. The Morgan fingerprint density at radius 1 is 0.345 bits per heavy atom. The molecule has 0 aliphatic carbocycles. The van der Waals surface area contributed by atoms with Gasteiger partial charge in [0.05, 0.1) is 32.3 Å². The predicted molar refractivity (Wildman–Crippen MR) is 276 cm³/mol. The fourth-order valence-electron chi connectivity index (χ4n) is 7.13. The van der Waals surface area contributed by atoms with Gasteiger partial charge in [0.25, 0.3) is 0 Å². The number of aliphatic hydroxyl groups excluding tert-OH is 1. The molecule has 23 N–H and O–H groups in total. The van der Waals surface area contributed by atoms with Gasteiger partial charge in [-0.15, -0.1) is 0 Å². The lowest BCUT2D eigenvalue weighted by atomic mass is 10.0. The highest BCUT2D eigenvalue weighted by molar-refractivity contribution is 6.01. The van der Waals surface area contributed by atoms with Crippen molar-refractivity contribution in [2.45, 2.75) is 164 Å². The fraction of sp³-hybridized carbons (Fsp3) is 0.609. The monoisotopic (exact) mass is 1210 g/mol. The Labute approximate surface area is 475 Å². The van der Waals surface area contributed by atoms with Gasteiger partial charge in [0, 0.05) is 26.2 Å². The van der Waals surface area contributed by atoms with Gasteiger partial charge in [-0.2, -0.15) is 0 Å². The van der Waals surface area contributed by atoms with Crippen molar-refractivity contribution in [3.63, 3.8) is 0 Å². The third kappa shape index (κ3) is 30.8. The van der Waals surface area contributed by atoms with Gasteiger partial charge in [0.15, 0.2) is 0 Å². The number of hydrogen-bond acceptors (Lipinski definition) is 20. The summed E-state index contributed by atoms with van der Waals surface area (Å²) >= 11 is 0. The van der Waals surface area contributed by atoms with Crippen LogP contribution in [0.3, 0.4) is 0 Å². The van der Waals surface area contributed by atoms with E-state index in [0.29, 0.717) is 0 Å². The number of primary amides is 2. The number of carbonyl (C=O) groups is 18. The quantitative estimate of drug-likeness (QED) is 0.0252. The van der Waals surface area contributed by atoms with Gasteiger partial charge in [0.2, 0.25) is 70.9 Å². The zero-order valence-electron chi connectivity index (χ0n) is 45.3. The number of unbranched alkanes of at least 4 members (excludes halogenated alkanes) is 1. The Balaban J connectivity index is 6.98. The Morgan fingerprint density at radius 2 is 0.631 bits per heavy atom. The Morgan fingerprint density at radius 3 is 0.940 bits per heavy atom. The number of carboxylic acids is 6. The highest BCUT2D eigenvalue weighted by atomic mass is 16.4. The van der Waals surface area contributed by atoms with Crippen molar-refractivity contribution in [1.82, 2.24) is 53.2 Å². The van der Waals surface area contributed by atoms with E-state index in [-0.39, 0.29) is 25.8 Å². The topological polar surface area (TPSA) is 647 Å². The minimum absolute atomic E-state index is 0.00786. The number of aliphatic carboxylic acids is 6. The molecular formula is C46H71N13O25. The number of nitrogens with two attached hydrogens (primary N) is 3. The number of nitrogens with one attached hydrogen (secondary N) is 10. The fourth-order valence-corrected chi connectivity index (χ4v) is 7.13. The molecule has 0 aliphatic heterocycles. The summed E-state index contributed by atoms with van der Waals surface area (Å²) in [5.41, 5.74) is 16.1. The van der Waals surface area contributed by atoms with Gasteiger partial charge >= 0.3 is 35.8 Å². The van der Waals surface area contributed by atoms with Crippen LogP contribution in [0, 0.1) is 0 Å². The average molecular weight is 1210 g/mol. The number of amides is 12. The zero-order valence-corrected chi connectivity index (χ0v) is 45.3. The third-order valence-electron chi connectivity index (χ3n) is 11.4. The molecule has 0 radical (unpaired) electrons. The molecule has 0 saturated carbocycles. The van der Waals surface area contributed by atoms with Gasteiger partial charge < -0.3 is 106 Å². The second-order valence-corrected chi connectivity index (χ2v) is 18.5. The Hall–Kier alpha value is -9.62. The molecular weight excluding hydrogens is 1130 g/mol. The van der Waals surface area contributed by atoms with Crippen molar-refractivity contribution in [2.75, 3.05) is 13.2 Å². The van der Waals surface area contributed by atoms with Gasteiger partial charge in [0.1, 0.15) is 60.4 Å². The molecule has 84 heavy (non-hydrogen) atoms. The molecule has 0 fully saturated rings. The van der Waals surface area contributed by atoms with E-state index < -0.39 is 244 Å².